The fourth-order valence-electron chi connectivity index (χ4n) is 2.06. The van der Waals surface area contributed by atoms with Crippen LogP contribution in [0.2, 0.25) is 0 Å². The van der Waals surface area contributed by atoms with Gasteiger partial charge in [-0.15, -0.1) is 0 Å². The molecule has 118 valence electrons. The minimum atomic E-state index is -0.451. The van der Waals surface area contributed by atoms with E-state index in [1.165, 1.54) is 24.7 Å². The van der Waals surface area contributed by atoms with E-state index >= 15 is 0 Å². The van der Waals surface area contributed by atoms with Crippen molar-refractivity contribution in [3.05, 3.63) is 41.6 Å². The molecule has 0 saturated heterocycles. The van der Waals surface area contributed by atoms with Crippen LogP contribution in [0.3, 0.4) is 0 Å². The number of carbonyl (C=O) groups is 1. The lowest BCUT2D eigenvalue weighted by Gasteiger charge is -2.21. The fraction of sp³-hybridized carbons (Fsp3) is 0.375. The first kappa shape index (κ1) is 16.2. The predicted octanol–water partition coefficient (Wildman–Crippen LogP) is 2.08. The van der Waals surface area contributed by atoms with Crippen molar-refractivity contribution < 1.29 is 14.3 Å². The summed E-state index contributed by atoms with van der Waals surface area (Å²) in [5.41, 5.74) is 3.33. The molecule has 6 heteroatoms. The number of rotatable bonds is 6. The number of ether oxygens (including phenoxy) is 2. The van der Waals surface area contributed by atoms with Crippen LogP contribution < -0.4 is 0 Å². The van der Waals surface area contributed by atoms with Crippen LogP contribution >= 0.6 is 0 Å². The van der Waals surface area contributed by atoms with E-state index in [1.807, 2.05) is 31.2 Å². The Hall–Kier alpha value is -2.18. The first-order valence-corrected chi connectivity index (χ1v) is 6.98. The standard InChI is InChI=1S/C16H21N3O3/c1-11-5-7-12(8-6-11)13-9-14(18-17-13)16(20)19(2)10-15(21-3)22-4/h5-9,15H,10H2,1-4H3,(H,17,18). The Labute approximate surface area is 130 Å². The lowest BCUT2D eigenvalue weighted by atomic mass is 10.1. The summed E-state index contributed by atoms with van der Waals surface area (Å²) in [5, 5.41) is 6.99. The molecule has 22 heavy (non-hydrogen) atoms. The van der Waals surface area contributed by atoms with Crippen molar-refractivity contribution in [2.24, 2.45) is 0 Å². The van der Waals surface area contributed by atoms with Gasteiger partial charge in [0.25, 0.3) is 5.91 Å². The van der Waals surface area contributed by atoms with E-state index in [4.69, 9.17) is 9.47 Å². The van der Waals surface area contributed by atoms with Crippen molar-refractivity contribution >= 4 is 5.91 Å². The molecule has 2 rings (SSSR count). The highest BCUT2D eigenvalue weighted by Crippen LogP contribution is 2.18. The third kappa shape index (κ3) is 3.72. The zero-order valence-corrected chi connectivity index (χ0v) is 13.3. The monoisotopic (exact) mass is 303 g/mol. The number of hydrogen-bond donors (Lipinski definition) is 1. The van der Waals surface area contributed by atoms with Crippen molar-refractivity contribution in [3.63, 3.8) is 0 Å². The Morgan fingerprint density at radius 1 is 1.27 bits per heavy atom. The molecule has 0 unspecified atom stereocenters. The average molecular weight is 303 g/mol. The topological polar surface area (TPSA) is 67.5 Å². The molecule has 0 fully saturated rings. The summed E-state index contributed by atoms with van der Waals surface area (Å²) in [6.07, 6.45) is -0.451. The van der Waals surface area contributed by atoms with Gasteiger partial charge >= 0.3 is 0 Å². The number of benzene rings is 1. The van der Waals surface area contributed by atoms with Gasteiger partial charge in [-0.3, -0.25) is 9.89 Å². The van der Waals surface area contributed by atoms with E-state index in [9.17, 15) is 4.79 Å². The van der Waals surface area contributed by atoms with E-state index in [0.717, 1.165) is 11.3 Å². The molecule has 2 aromatic rings. The van der Waals surface area contributed by atoms with Gasteiger partial charge < -0.3 is 14.4 Å². The van der Waals surface area contributed by atoms with Crippen LogP contribution in [0.15, 0.2) is 30.3 Å². The number of aromatic nitrogens is 2. The predicted molar refractivity (Wildman–Crippen MR) is 83.5 cm³/mol. The van der Waals surface area contributed by atoms with Crippen LogP contribution in [0.25, 0.3) is 11.3 Å². The van der Waals surface area contributed by atoms with Crippen molar-refractivity contribution in [2.45, 2.75) is 13.2 Å². The number of nitrogens with one attached hydrogen (secondary N) is 1. The number of amides is 1. The van der Waals surface area contributed by atoms with Gasteiger partial charge in [0.2, 0.25) is 0 Å². The number of hydrogen-bond acceptors (Lipinski definition) is 4. The number of nitrogens with zero attached hydrogens (tertiary/aromatic N) is 2. The van der Waals surface area contributed by atoms with Gasteiger partial charge in [-0.1, -0.05) is 29.8 Å². The summed E-state index contributed by atoms with van der Waals surface area (Å²) < 4.78 is 10.2. The quantitative estimate of drug-likeness (QED) is 0.830. The molecule has 1 amide bonds. The molecule has 0 aliphatic heterocycles. The third-order valence-corrected chi connectivity index (χ3v) is 3.45. The molecule has 1 aromatic carbocycles. The second-order valence-corrected chi connectivity index (χ2v) is 5.12. The zero-order chi connectivity index (χ0) is 16.1. The summed E-state index contributed by atoms with van der Waals surface area (Å²) in [6, 6.07) is 9.74. The highest BCUT2D eigenvalue weighted by atomic mass is 16.7. The van der Waals surface area contributed by atoms with Gasteiger partial charge in [0.15, 0.2) is 6.29 Å². The highest BCUT2D eigenvalue weighted by Gasteiger charge is 2.18. The van der Waals surface area contributed by atoms with Crippen LogP contribution in [0, 0.1) is 6.92 Å². The zero-order valence-electron chi connectivity index (χ0n) is 13.3. The number of likely N-dealkylation sites (N-methyl/N-ethyl adjacent to an activating group) is 1. The molecular weight excluding hydrogens is 282 g/mol. The SMILES string of the molecule is COC(CN(C)C(=O)c1cc(-c2ccc(C)cc2)n[nH]1)OC. The molecule has 0 bridgehead atoms. The third-order valence-electron chi connectivity index (χ3n) is 3.45. The molecule has 1 heterocycles. The summed E-state index contributed by atoms with van der Waals surface area (Å²) in [5.74, 6) is -0.162. The Morgan fingerprint density at radius 3 is 2.50 bits per heavy atom. The van der Waals surface area contributed by atoms with E-state index < -0.39 is 6.29 Å². The Bertz CT molecular complexity index is 618. The van der Waals surface area contributed by atoms with E-state index in [1.54, 1.807) is 13.1 Å². The minimum absolute atomic E-state index is 0.162. The van der Waals surface area contributed by atoms with Crippen LogP contribution in [-0.4, -0.2) is 55.1 Å². The van der Waals surface area contributed by atoms with Crippen molar-refractivity contribution in [1.29, 1.82) is 0 Å². The molecule has 1 aromatic heterocycles. The molecule has 0 aliphatic carbocycles. The van der Waals surface area contributed by atoms with Crippen molar-refractivity contribution in [3.8, 4) is 11.3 Å². The number of methoxy groups -OCH3 is 2. The molecule has 0 spiro atoms. The van der Waals surface area contributed by atoms with E-state index in [2.05, 4.69) is 10.2 Å². The maximum absolute atomic E-state index is 12.4. The van der Waals surface area contributed by atoms with Gasteiger partial charge in [0, 0.05) is 26.8 Å². The minimum Gasteiger partial charge on any atom is -0.354 e. The number of H-pyrrole nitrogens is 1. The summed E-state index contributed by atoms with van der Waals surface area (Å²) in [6.45, 7) is 2.37. The molecule has 0 radical (unpaired) electrons. The summed E-state index contributed by atoms with van der Waals surface area (Å²) in [7, 11) is 4.77. The van der Waals surface area contributed by atoms with Crippen LogP contribution in [0.4, 0.5) is 0 Å². The number of aromatic amines is 1. The second-order valence-electron chi connectivity index (χ2n) is 5.12. The van der Waals surface area contributed by atoms with Gasteiger partial charge in [0.1, 0.15) is 5.69 Å². The maximum Gasteiger partial charge on any atom is 0.271 e. The fourth-order valence-corrected chi connectivity index (χ4v) is 2.06. The van der Waals surface area contributed by atoms with Gasteiger partial charge in [0.05, 0.1) is 12.2 Å². The van der Waals surface area contributed by atoms with Gasteiger partial charge in [-0.25, -0.2) is 0 Å². The molecular formula is C16H21N3O3. The Balaban J connectivity index is 2.10. The average Bonchev–Trinajstić information content (AvgIpc) is 3.02. The molecule has 1 N–H and O–H groups in total. The lowest BCUT2D eigenvalue weighted by molar-refractivity contribution is -0.110. The molecule has 0 saturated carbocycles. The van der Waals surface area contributed by atoms with Crippen molar-refractivity contribution in [2.75, 3.05) is 27.8 Å². The van der Waals surface area contributed by atoms with E-state index in [-0.39, 0.29) is 5.91 Å². The maximum atomic E-state index is 12.4. The largest absolute Gasteiger partial charge is 0.354 e. The Morgan fingerprint density at radius 2 is 1.91 bits per heavy atom. The van der Waals surface area contributed by atoms with Gasteiger partial charge in [-0.05, 0) is 13.0 Å². The summed E-state index contributed by atoms with van der Waals surface area (Å²) in [4.78, 5) is 13.9. The van der Waals surface area contributed by atoms with E-state index in [0.29, 0.717) is 12.2 Å². The molecule has 0 atom stereocenters. The second kappa shape index (κ2) is 7.20. The van der Waals surface area contributed by atoms with Crippen molar-refractivity contribution in [1.82, 2.24) is 15.1 Å². The Kier molecular flexibility index (Phi) is 5.30. The highest BCUT2D eigenvalue weighted by molar-refractivity contribution is 5.93. The summed E-state index contributed by atoms with van der Waals surface area (Å²) >= 11 is 0. The smallest absolute Gasteiger partial charge is 0.271 e. The normalized spacial score (nSPS) is 11.0. The first-order chi connectivity index (χ1) is 10.5. The van der Waals surface area contributed by atoms with Crippen LogP contribution in [-0.2, 0) is 9.47 Å². The first-order valence-electron chi connectivity index (χ1n) is 6.98. The van der Waals surface area contributed by atoms with Crippen LogP contribution in [0.1, 0.15) is 16.1 Å². The number of aryl methyl sites for hydroxylation is 1. The lowest BCUT2D eigenvalue weighted by Crippen LogP contribution is -2.36. The molecule has 0 aliphatic rings. The van der Waals surface area contributed by atoms with Gasteiger partial charge in [-0.2, -0.15) is 5.10 Å². The number of carbonyl (C=O) groups excluding carboxylic acids is 1. The van der Waals surface area contributed by atoms with Crippen LogP contribution in [0.5, 0.6) is 0 Å². The molecule has 6 nitrogen and oxygen atoms in total.